The van der Waals surface area contributed by atoms with Crippen molar-refractivity contribution in [3.8, 4) is 6.07 Å². The first-order valence-corrected chi connectivity index (χ1v) is 6.08. The summed E-state index contributed by atoms with van der Waals surface area (Å²) in [6.45, 7) is 0.115. The van der Waals surface area contributed by atoms with Gasteiger partial charge in [-0.25, -0.2) is 0 Å². The van der Waals surface area contributed by atoms with Gasteiger partial charge in [0.05, 0.1) is 23.4 Å². The standard InChI is InChI=1S/C12H13BrN2O/c13-10-3-1-4-11(9(10)7-14)15-12(8-16)5-2-6-12/h1,3-4,15-16H,2,5-6,8H2. The third-order valence-corrected chi connectivity index (χ3v) is 3.80. The third-order valence-electron chi connectivity index (χ3n) is 3.14. The van der Waals surface area contributed by atoms with Gasteiger partial charge in [0.15, 0.2) is 0 Å². The molecule has 0 bridgehead atoms. The van der Waals surface area contributed by atoms with Crippen LogP contribution in [0.15, 0.2) is 22.7 Å². The fourth-order valence-corrected chi connectivity index (χ4v) is 2.41. The van der Waals surface area contributed by atoms with E-state index in [1.54, 1.807) is 0 Å². The summed E-state index contributed by atoms with van der Waals surface area (Å²) in [5, 5.41) is 21.8. The highest BCUT2D eigenvalue weighted by molar-refractivity contribution is 9.10. The minimum Gasteiger partial charge on any atom is -0.394 e. The average molecular weight is 281 g/mol. The zero-order valence-electron chi connectivity index (χ0n) is 8.83. The molecule has 0 atom stereocenters. The summed E-state index contributed by atoms with van der Waals surface area (Å²) in [7, 11) is 0. The van der Waals surface area contributed by atoms with Crippen LogP contribution in [0.4, 0.5) is 5.69 Å². The Kier molecular flexibility index (Phi) is 3.17. The molecule has 1 aromatic carbocycles. The van der Waals surface area contributed by atoms with E-state index in [-0.39, 0.29) is 12.1 Å². The zero-order valence-corrected chi connectivity index (χ0v) is 10.4. The highest BCUT2D eigenvalue weighted by atomic mass is 79.9. The molecule has 4 heteroatoms. The quantitative estimate of drug-likeness (QED) is 0.895. The Bertz CT molecular complexity index is 430. The fraction of sp³-hybridized carbons (Fsp3) is 0.417. The maximum atomic E-state index is 9.37. The molecule has 16 heavy (non-hydrogen) atoms. The first-order valence-electron chi connectivity index (χ1n) is 5.28. The second-order valence-electron chi connectivity index (χ2n) is 4.19. The van der Waals surface area contributed by atoms with Crippen LogP contribution < -0.4 is 5.32 Å². The van der Waals surface area contributed by atoms with Crippen molar-refractivity contribution in [1.29, 1.82) is 5.26 Å². The maximum absolute atomic E-state index is 9.37. The summed E-state index contributed by atoms with van der Waals surface area (Å²) in [5.74, 6) is 0. The van der Waals surface area contributed by atoms with E-state index in [0.29, 0.717) is 5.56 Å². The van der Waals surface area contributed by atoms with Crippen molar-refractivity contribution in [3.05, 3.63) is 28.2 Å². The van der Waals surface area contributed by atoms with E-state index in [9.17, 15) is 5.11 Å². The van der Waals surface area contributed by atoms with Crippen molar-refractivity contribution in [3.63, 3.8) is 0 Å². The Morgan fingerprint density at radius 1 is 1.50 bits per heavy atom. The largest absolute Gasteiger partial charge is 0.394 e. The van der Waals surface area contributed by atoms with Gasteiger partial charge in [0.1, 0.15) is 6.07 Å². The van der Waals surface area contributed by atoms with Crippen LogP contribution >= 0.6 is 15.9 Å². The van der Waals surface area contributed by atoms with Gasteiger partial charge in [0, 0.05) is 4.47 Å². The smallest absolute Gasteiger partial charge is 0.103 e. The number of nitrogens with zero attached hydrogens (tertiary/aromatic N) is 1. The second-order valence-corrected chi connectivity index (χ2v) is 5.05. The summed E-state index contributed by atoms with van der Waals surface area (Å²) >= 11 is 3.35. The predicted molar refractivity (Wildman–Crippen MR) is 66.1 cm³/mol. The number of hydrogen-bond acceptors (Lipinski definition) is 3. The molecule has 3 nitrogen and oxygen atoms in total. The molecule has 1 aliphatic carbocycles. The molecule has 0 aromatic heterocycles. The lowest BCUT2D eigenvalue weighted by molar-refractivity contribution is 0.144. The molecule has 0 spiro atoms. The molecule has 0 radical (unpaired) electrons. The van der Waals surface area contributed by atoms with Gasteiger partial charge < -0.3 is 10.4 Å². The minimum atomic E-state index is -0.216. The van der Waals surface area contributed by atoms with Crippen molar-refractivity contribution in [2.75, 3.05) is 11.9 Å². The topological polar surface area (TPSA) is 56.0 Å². The molecule has 0 heterocycles. The number of halogens is 1. The van der Waals surface area contributed by atoms with Crippen LogP contribution in [0.2, 0.25) is 0 Å². The Morgan fingerprint density at radius 2 is 2.25 bits per heavy atom. The molecule has 2 rings (SSSR count). The van der Waals surface area contributed by atoms with Crippen LogP contribution in [0.3, 0.4) is 0 Å². The van der Waals surface area contributed by atoms with Crippen LogP contribution in [0.5, 0.6) is 0 Å². The van der Waals surface area contributed by atoms with Gasteiger partial charge in [-0.3, -0.25) is 0 Å². The lowest BCUT2D eigenvalue weighted by Gasteiger charge is -2.42. The predicted octanol–water partition coefficient (Wildman–Crippen LogP) is 2.65. The second kappa shape index (κ2) is 4.44. The maximum Gasteiger partial charge on any atom is 0.103 e. The number of rotatable bonds is 3. The number of nitrogens with one attached hydrogen (secondary N) is 1. The molecule has 1 aromatic rings. The summed E-state index contributed by atoms with van der Waals surface area (Å²) in [6.07, 6.45) is 3.05. The molecule has 84 valence electrons. The van der Waals surface area contributed by atoms with Gasteiger partial charge in [-0.05, 0) is 47.3 Å². The molecular formula is C12H13BrN2O. The lowest BCUT2D eigenvalue weighted by Crippen LogP contribution is -2.48. The number of nitriles is 1. The molecule has 1 fully saturated rings. The average Bonchev–Trinajstić information content (AvgIpc) is 2.23. The monoisotopic (exact) mass is 280 g/mol. The van der Waals surface area contributed by atoms with Gasteiger partial charge in [0.25, 0.3) is 0 Å². The van der Waals surface area contributed by atoms with E-state index in [1.807, 2.05) is 18.2 Å². The Balaban J connectivity index is 2.28. The first-order chi connectivity index (χ1) is 7.71. The van der Waals surface area contributed by atoms with Crippen molar-refractivity contribution >= 4 is 21.6 Å². The number of aliphatic hydroxyl groups is 1. The van der Waals surface area contributed by atoms with Crippen LogP contribution in [0.25, 0.3) is 0 Å². The van der Waals surface area contributed by atoms with E-state index in [2.05, 4.69) is 27.3 Å². The zero-order chi connectivity index (χ0) is 11.6. The lowest BCUT2D eigenvalue weighted by atomic mass is 9.77. The normalized spacial score (nSPS) is 17.3. The summed E-state index contributed by atoms with van der Waals surface area (Å²) in [6, 6.07) is 7.77. The summed E-state index contributed by atoms with van der Waals surface area (Å²) in [5.41, 5.74) is 1.18. The van der Waals surface area contributed by atoms with E-state index < -0.39 is 0 Å². The van der Waals surface area contributed by atoms with Crippen LogP contribution in [-0.2, 0) is 0 Å². The highest BCUT2D eigenvalue weighted by Gasteiger charge is 2.36. The van der Waals surface area contributed by atoms with E-state index in [0.717, 1.165) is 29.4 Å². The first kappa shape index (κ1) is 11.4. The van der Waals surface area contributed by atoms with Gasteiger partial charge in [-0.15, -0.1) is 0 Å². The SMILES string of the molecule is N#Cc1c(Br)cccc1NC1(CO)CCC1. The molecular weight excluding hydrogens is 268 g/mol. The molecule has 0 aliphatic heterocycles. The van der Waals surface area contributed by atoms with Crippen LogP contribution in [0, 0.1) is 11.3 Å². The fourth-order valence-electron chi connectivity index (χ4n) is 1.95. The van der Waals surface area contributed by atoms with Crippen LogP contribution in [0.1, 0.15) is 24.8 Å². The number of benzene rings is 1. The van der Waals surface area contributed by atoms with Crippen molar-refractivity contribution in [1.82, 2.24) is 0 Å². The van der Waals surface area contributed by atoms with Gasteiger partial charge >= 0.3 is 0 Å². The summed E-state index contributed by atoms with van der Waals surface area (Å²) < 4.78 is 0.785. The van der Waals surface area contributed by atoms with Crippen molar-refractivity contribution in [2.45, 2.75) is 24.8 Å². The van der Waals surface area contributed by atoms with E-state index in [4.69, 9.17) is 5.26 Å². The Hall–Kier alpha value is -1.05. The molecule has 0 saturated heterocycles. The number of aliphatic hydroxyl groups excluding tert-OH is 1. The highest BCUT2D eigenvalue weighted by Crippen LogP contribution is 2.36. The van der Waals surface area contributed by atoms with Gasteiger partial charge in [-0.1, -0.05) is 6.07 Å². The minimum absolute atomic E-state index is 0.115. The van der Waals surface area contributed by atoms with Gasteiger partial charge in [-0.2, -0.15) is 5.26 Å². The number of anilines is 1. The molecule has 0 unspecified atom stereocenters. The van der Waals surface area contributed by atoms with Crippen molar-refractivity contribution < 1.29 is 5.11 Å². The Morgan fingerprint density at radius 3 is 2.75 bits per heavy atom. The van der Waals surface area contributed by atoms with E-state index in [1.165, 1.54) is 0 Å². The summed E-state index contributed by atoms with van der Waals surface area (Å²) in [4.78, 5) is 0. The van der Waals surface area contributed by atoms with Crippen LogP contribution in [-0.4, -0.2) is 17.3 Å². The Labute approximate surface area is 103 Å². The van der Waals surface area contributed by atoms with Crippen molar-refractivity contribution in [2.24, 2.45) is 0 Å². The molecule has 1 aliphatic rings. The molecule has 2 N–H and O–H groups in total. The number of hydrogen-bond donors (Lipinski definition) is 2. The van der Waals surface area contributed by atoms with E-state index >= 15 is 0 Å². The molecule has 1 saturated carbocycles. The molecule has 0 amide bonds. The third kappa shape index (κ3) is 1.93. The van der Waals surface area contributed by atoms with Gasteiger partial charge in [0.2, 0.25) is 0 Å².